The Morgan fingerprint density at radius 3 is 2.81 bits per heavy atom. The number of rotatable bonds is 3. The molecule has 2 N–H and O–H groups in total. The zero-order valence-corrected chi connectivity index (χ0v) is 13.5. The highest BCUT2D eigenvalue weighted by molar-refractivity contribution is 9.10. The molecular formula is C16H16BrN3O. The largest absolute Gasteiger partial charge is 0.491 e. The number of fused-ring (bicyclic) bond motifs is 1. The quantitative estimate of drug-likeness (QED) is 0.776. The molecule has 0 bridgehead atoms. The Kier molecular flexibility index (Phi) is 3.59. The predicted octanol–water partition coefficient (Wildman–Crippen LogP) is 4.13. The average molecular weight is 346 g/mol. The SMILES string of the molecule is CC(C)Oc1cccc(-c2nc3ccc(Br)cn3c2N)c1. The second kappa shape index (κ2) is 5.41. The zero-order chi connectivity index (χ0) is 15.0. The molecule has 1 aromatic carbocycles. The van der Waals surface area contributed by atoms with Crippen LogP contribution in [0.1, 0.15) is 13.8 Å². The molecule has 0 unspecified atom stereocenters. The lowest BCUT2D eigenvalue weighted by Gasteiger charge is -2.10. The molecule has 21 heavy (non-hydrogen) atoms. The second-order valence-electron chi connectivity index (χ2n) is 5.12. The number of imidazole rings is 1. The predicted molar refractivity (Wildman–Crippen MR) is 88.5 cm³/mol. The molecule has 2 aromatic heterocycles. The Balaban J connectivity index is 2.10. The highest BCUT2D eigenvalue weighted by atomic mass is 79.9. The van der Waals surface area contributed by atoms with Crippen LogP contribution in [0.15, 0.2) is 47.1 Å². The van der Waals surface area contributed by atoms with Crippen molar-refractivity contribution in [1.82, 2.24) is 9.38 Å². The summed E-state index contributed by atoms with van der Waals surface area (Å²) in [5.74, 6) is 1.44. The van der Waals surface area contributed by atoms with Crippen molar-refractivity contribution < 1.29 is 4.74 Å². The smallest absolute Gasteiger partial charge is 0.139 e. The van der Waals surface area contributed by atoms with Gasteiger partial charge in [-0.3, -0.25) is 4.40 Å². The Morgan fingerprint density at radius 1 is 1.24 bits per heavy atom. The van der Waals surface area contributed by atoms with E-state index in [0.717, 1.165) is 27.1 Å². The van der Waals surface area contributed by atoms with Gasteiger partial charge in [-0.05, 0) is 54.0 Å². The van der Waals surface area contributed by atoms with Gasteiger partial charge < -0.3 is 10.5 Å². The number of ether oxygens (including phenoxy) is 1. The lowest BCUT2D eigenvalue weighted by atomic mass is 10.1. The first-order valence-electron chi connectivity index (χ1n) is 6.75. The summed E-state index contributed by atoms with van der Waals surface area (Å²) in [6.45, 7) is 4.01. The molecule has 0 aliphatic carbocycles. The average Bonchev–Trinajstić information content (AvgIpc) is 2.76. The van der Waals surface area contributed by atoms with Gasteiger partial charge in [-0.1, -0.05) is 12.1 Å². The molecular weight excluding hydrogens is 330 g/mol. The van der Waals surface area contributed by atoms with Crippen LogP contribution in [0.5, 0.6) is 5.75 Å². The number of nitrogens with two attached hydrogens (primary N) is 1. The van der Waals surface area contributed by atoms with Gasteiger partial charge in [0.1, 0.15) is 22.9 Å². The summed E-state index contributed by atoms with van der Waals surface area (Å²) in [5, 5.41) is 0. The summed E-state index contributed by atoms with van der Waals surface area (Å²) in [6.07, 6.45) is 2.05. The van der Waals surface area contributed by atoms with Crippen molar-refractivity contribution >= 4 is 27.4 Å². The fourth-order valence-corrected chi connectivity index (χ4v) is 2.58. The number of nitrogens with zero attached hydrogens (tertiary/aromatic N) is 2. The van der Waals surface area contributed by atoms with Crippen molar-refractivity contribution in [2.75, 3.05) is 5.73 Å². The summed E-state index contributed by atoms with van der Waals surface area (Å²) in [5.41, 5.74) is 8.77. The molecule has 0 fully saturated rings. The van der Waals surface area contributed by atoms with Gasteiger partial charge in [0.2, 0.25) is 0 Å². The maximum absolute atomic E-state index is 6.23. The van der Waals surface area contributed by atoms with Crippen LogP contribution in [0, 0.1) is 0 Å². The molecule has 0 saturated carbocycles. The molecule has 0 saturated heterocycles. The van der Waals surface area contributed by atoms with Crippen LogP contribution in [0.2, 0.25) is 0 Å². The molecule has 5 heteroatoms. The van der Waals surface area contributed by atoms with Crippen molar-refractivity contribution in [2.45, 2.75) is 20.0 Å². The van der Waals surface area contributed by atoms with E-state index in [1.807, 2.05) is 60.8 Å². The van der Waals surface area contributed by atoms with Gasteiger partial charge in [-0.25, -0.2) is 4.98 Å². The Morgan fingerprint density at radius 2 is 2.05 bits per heavy atom. The van der Waals surface area contributed by atoms with E-state index < -0.39 is 0 Å². The van der Waals surface area contributed by atoms with Gasteiger partial charge in [0.15, 0.2) is 0 Å². The fourth-order valence-electron chi connectivity index (χ4n) is 2.24. The number of nitrogen functional groups attached to an aromatic ring is 1. The molecule has 0 spiro atoms. The highest BCUT2D eigenvalue weighted by Crippen LogP contribution is 2.30. The molecule has 108 valence electrons. The summed E-state index contributed by atoms with van der Waals surface area (Å²) < 4.78 is 8.56. The van der Waals surface area contributed by atoms with Crippen LogP contribution in [0.4, 0.5) is 5.82 Å². The first kappa shape index (κ1) is 13.9. The minimum absolute atomic E-state index is 0.134. The van der Waals surface area contributed by atoms with Crippen LogP contribution in [-0.4, -0.2) is 15.5 Å². The first-order valence-corrected chi connectivity index (χ1v) is 7.54. The lowest BCUT2D eigenvalue weighted by molar-refractivity contribution is 0.242. The maximum Gasteiger partial charge on any atom is 0.139 e. The zero-order valence-electron chi connectivity index (χ0n) is 11.9. The van der Waals surface area contributed by atoms with E-state index in [0.29, 0.717) is 5.82 Å². The number of pyridine rings is 1. The third-order valence-electron chi connectivity index (χ3n) is 3.10. The number of anilines is 1. The Labute approximate surface area is 131 Å². The van der Waals surface area contributed by atoms with E-state index in [4.69, 9.17) is 10.5 Å². The number of hydrogen-bond donors (Lipinski definition) is 1. The van der Waals surface area contributed by atoms with Crippen molar-refractivity contribution in [3.8, 4) is 17.0 Å². The van der Waals surface area contributed by atoms with E-state index in [-0.39, 0.29) is 6.10 Å². The fraction of sp³-hybridized carbons (Fsp3) is 0.188. The third kappa shape index (κ3) is 2.74. The van der Waals surface area contributed by atoms with E-state index >= 15 is 0 Å². The highest BCUT2D eigenvalue weighted by Gasteiger charge is 2.12. The van der Waals surface area contributed by atoms with Crippen molar-refractivity contribution in [3.05, 3.63) is 47.1 Å². The third-order valence-corrected chi connectivity index (χ3v) is 3.57. The minimum atomic E-state index is 0.134. The van der Waals surface area contributed by atoms with Crippen molar-refractivity contribution in [3.63, 3.8) is 0 Å². The van der Waals surface area contributed by atoms with Crippen molar-refractivity contribution in [1.29, 1.82) is 0 Å². The summed E-state index contributed by atoms with van der Waals surface area (Å²) in [7, 11) is 0. The Bertz CT molecular complexity index is 795. The molecule has 0 atom stereocenters. The molecule has 0 aliphatic heterocycles. The van der Waals surface area contributed by atoms with E-state index in [1.165, 1.54) is 0 Å². The molecule has 0 amide bonds. The van der Waals surface area contributed by atoms with Gasteiger partial charge in [0.25, 0.3) is 0 Å². The monoisotopic (exact) mass is 345 g/mol. The molecule has 3 aromatic rings. The van der Waals surface area contributed by atoms with Crippen molar-refractivity contribution in [2.24, 2.45) is 0 Å². The molecule has 0 aliphatic rings. The first-order chi connectivity index (χ1) is 10.0. The van der Waals surface area contributed by atoms with Crippen LogP contribution in [0.25, 0.3) is 16.9 Å². The van der Waals surface area contributed by atoms with Gasteiger partial charge in [0.05, 0.1) is 6.10 Å². The second-order valence-corrected chi connectivity index (χ2v) is 6.03. The van der Waals surface area contributed by atoms with Gasteiger partial charge in [-0.2, -0.15) is 0 Å². The molecule has 2 heterocycles. The maximum atomic E-state index is 6.23. The van der Waals surface area contributed by atoms with E-state index in [1.54, 1.807) is 0 Å². The summed E-state index contributed by atoms with van der Waals surface area (Å²) in [4.78, 5) is 4.61. The number of halogens is 1. The van der Waals surface area contributed by atoms with E-state index in [2.05, 4.69) is 20.9 Å². The topological polar surface area (TPSA) is 52.5 Å². The number of aromatic nitrogens is 2. The lowest BCUT2D eigenvalue weighted by Crippen LogP contribution is -2.05. The molecule has 3 rings (SSSR count). The van der Waals surface area contributed by atoms with E-state index in [9.17, 15) is 0 Å². The number of hydrogen-bond acceptors (Lipinski definition) is 3. The molecule has 0 radical (unpaired) electrons. The Hall–Kier alpha value is -2.01. The van der Waals surface area contributed by atoms with Gasteiger partial charge in [-0.15, -0.1) is 0 Å². The van der Waals surface area contributed by atoms with Crippen LogP contribution < -0.4 is 10.5 Å². The molecule has 4 nitrogen and oxygen atoms in total. The summed E-state index contributed by atoms with van der Waals surface area (Å²) in [6, 6.07) is 11.7. The van der Waals surface area contributed by atoms with Gasteiger partial charge >= 0.3 is 0 Å². The van der Waals surface area contributed by atoms with Crippen LogP contribution in [-0.2, 0) is 0 Å². The standard InChI is InChI=1S/C16H16BrN3O/c1-10(2)21-13-5-3-4-11(8-13)15-16(18)20-9-12(17)6-7-14(20)19-15/h3-10H,18H2,1-2H3. The summed E-state index contributed by atoms with van der Waals surface area (Å²) >= 11 is 3.45. The van der Waals surface area contributed by atoms with Crippen LogP contribution >= 0.6 is 15.9 Å². The van der Waals surface area contributed by atoms with Crippen LogP contribution in [0.3, 0.4) is 0 Å². The normalized spacial score (nSPS) is 11.2. The minimum Gasteiger partial charge on any atom is -0.491 e. The number of benzene rings is 1. The van der Waals surface area contributed by atoms with Gasteiger partial charge in [0, 0.05) is 16.2 Å².